The maximum Gasteiger partial charge on any atom is 0.258 e. The van der Waals surface area contributed by atoms with E-state index in [1.807, 2.05) is 17.5 Å². The second kappa shape index (κ2) is 4.80. The number of pyridine rings is 2. The van der Waals surface area contributed by atoms with Crippen LogP contribution >= 0.6 is 11.3 Å². The van der Waals surface area contributed by atoms with Crippen LogP contribution in [-0.4, -0.2) is 15.0 Å². The molecule has 3 aromatic rings. The van der Waals surface area contributed by atoms with Gasteiger partial charge in [-0.15, -0.1) is 11.3 Å². The number of fused-ring (bicyclic) bond motifs is 1. The molecule has 0 saturated heterocycles. The van der Waals surface area contributed by atoms with Gasteiger partial charge in [-0.3, -0.25) is 4.79 Å². The summed E-state index contributed by atoms with van der Waals surface area (Å²) < 4.78 is 0. The molecular formula is C14H11N5OS. The van der Waals surface area contributed by atoms with Crippen molar-refractivity contribution in [2.45, 2.75) is 6.04 Å². The number of thiazole rings is 1. The molecule has 0 aliphatic carbocycles. The lowest BCUT2D eigenvalue weighted by molar-refractivity contribution is 0.711. The Morgan fingerprint density at radius 3 is 3.10 bits per heavy atom. The molecular weight excluding hydrogens is 286 g/mol. The van der Waals surface area contributed by atoms with Gasteiger partial charge in [0.25, 0.3) is 5.56 Å². The zero-order valence-corrected chi connectivity index (χ0v) is 11.6. The lowest BCUT2D eigenvalue weighted by Crippen LogP contribution is -2.20. The third kappa shape index (κ3) is 2.03. The van der Waals surface area contributed by atoms with Gasteiger partial charge in [-0.25, -0.2) is 15.4 Å². The quantitative estimate of drug-likeness (QED) is 0.673. The SMILES string of the molecule is O=c1[nH]cccc1-c1nc(C2NNc3ncccc32)cs1. The number of H-pyrrole nitrogens is 1. The van der Waals surface area contributed by atoms with E-state index in [4.69, 9.17) is 0 Å². The van der Waals surface area contributed by atoms with Gasteiger partial charge in [0, 0.05) is 23.3 Å². The van der Waals surface area contributed by atoms with Gasteiger partial charge in [0.15, 0.2) is 0 Å². The van der Waals surface area contributed by atoms with Crippen molar-refractivity contribution in [2.24, 2.45) is 0 Å². The first-order valence-electron chi connectivity index (χ1n) is 6.43. The molecule has 1 unspecified atom stereocenters. The normalized spacial score (nSPS) is 16.5. The molecule has 3 aromatic heterocycles. The number of hydrazine groups is 1. The number of hydrogen-bond donors (Lipinski definition) is 3. The first-order valence-corrected chi connectivity index (χ1v) is 7.31. The second-order valence-electron chi connectivity index (χ2n) is 4.63. The molecule has 1 aliphatic rings. The molecule has 21 heavy (non-hydrogen) atoms. The number of anilines is 1. The van der Waals surface area contributed by atoms with E-state index in [0.717, 1.165) is 17.1 Å². The highest BCUT2D eigenvalue weighted by atomic mass is 32.1. The highest BCUT2D eigenvalue weighted by molar-refractivity contribution is 7.13. The van der Waals surface area contributed by atoms with E-state index in [-0.39, 0.29) is 11.6 Å². The van der Waals surface area contributed by atoms with Crippen molar-refractivity contribution in [1.82, 2.24) is 20.4 Å². The molecule has 1 aliphatic heterocycles. The van der Waals surface area contributed by atoms with E-state index in [9.17, 15) is 4.79 Å². The lowest BCUT2D eigenvalue weighted by atomic mass is 10.1. The monoisotopic (exact) mass is 297 g/mol. The first-order chi connectivity index (χ1) is 10.3. The molecule has 0 aromatic carbocycles. The Balaban J connectivity index is 1.74. The van der Waals surface area contributed by atoms with Crippen LogP contribution in [-0.2, 0) is 0 Å². The van der Waals surface area contributed by atoms with Gasteiger partial charge in [0.1, 0.15) is 10.8 Å². The van der Waals surface area contributed by atoms with Gasteiger partial charge in [-0.1, -0.05) is 6.07 Å². The van der Waals surface area contributed by atoms with Crippen LogP contribution in [0.25, 0.3) is 10.6 Å². The summed E-state index contributed by atoms with van der Waals surface area (Å²) in [6, 6.07) is 7.43. The van der Waals surface area contributed by atoms with Gasteiger partial charge < -0.3 is 10.4 Å². The van der Waals surface area contributed by atoms with Crippen molar-refractivity contribution in [1.29, 1.82) is 0 Å². The molecule has 4 rings (SSSR count). The van der Waals surface area contributed by atoms with Crippen LogP contribution in [0.5, 0.6) is 0 Å². The van der Waals surface area contributed by atoms with Gasteiger partial charge in [0.05, 0.1) is 17.3 Å². The van der Waals surface area contributed by atoms with E-state index in [1.165, 1.54) is 11.3 Å². The summed E-state index contributed by atoms with van der Waals surface area (Å²) in [6.45, 7) is 0. The molecule has 0 spiro atoms. The number of hydrogen-bond acceptors (Lipinski definition) is 6. The van der Waals surface area contributed by atoms with Crippen LogP contribution in [0.1, 0.15) is 17.3 Å². The van der Waals surface area contributed by atoms with Crippen molar-refractivity contribution >= 4 is 17.2 Å². The number of aromatic amines is 1. The number of nitrogens with one attached hydrogen (secondary N) is 3. The summed E-state index contributed by atoms with van der Waals surface area (Å²) in [6.07, 6.45) is 3.36. The minimum absolute atomic E-state index is 0.0542. The summed E-state index contributed by atoms with van der Waals surface area (Å²) in [5, 5.41) is 2.68. The number of nitrogens with zero attached hydrogens (tertiary/aromatic N) is 2. The molecule has 0 bridgehead atoms. The summed E-state index contributed by atoms with van der Waals surface area (Å²) in [4.78, 5) is 23.3. The van der Waals surface area contributed by atoms with E-state index in [1.54, 1.807) is 24.5 Å². The highest BCUT2D eigenvalue weighted by Gasteiger charge is 2.26. The van der Waals surface area contributed by atoms with Crippen LogP contribution in [0.15, 0.2) is 46.8 Å². The lowest BCUT2D eigenvalue weighted by Gasteiger charge is -2.06. The fourth-order valence-electron chi connectivity index (χ4n) is 2.34. The van der Waals surface area contributed by atoms with Gasteiger partial charge in [-0.05, 0) is 18.2 Å². The Bertz CT molecular complexity index is 856. The van der Waals surface area contributed by atoms with Crippen LogP contribution in [0.3, 0.4) is 0 Å². The molecule has 0 amide bonds. The molecule has 1 atom stereocenters. The largest absolute Gasteiger partial charge is 0.329 e. The smallest absolute Gasteiger partial charge is 0.258 e. The summed E-state index contributed by atoms with van der Waals surface area (Å²) in [7, 11) is 0. The molecule has 6 nitrogen and oxygen atoms in total. The Morgan fingerprint density at radius 1 is 1.24 bits per heavy atom. The molecule has 104 valence electrons. The third-order valence-electron chi connectivity index (χ3n) is 3.35. The van der Waals surface area contributed by atoms with E-state index < -0.39 is 0 Å². The van der Waals surface area contributed by atoms with Crippen LogP contribution in [0.4, 0.5) is 5.82 Å². The Morgan fingerprint density at radius 2 is 2.19 bits per heavy atom. The summed E-state index contributed by atoms with van der Waals surface area (Å²) in [5.74, 6) is 0.814. The van der Waals surface area contributed by atoms with Gasteiger partial charge in [0.2, 0.25) is 0 Å². The standard InChI is InChI=1S/C14H11N5OS/c20-13-9(4-2-6-16-13)14-17-10(7-21-14)11-8-3-1-5-15-12(8)19-18-11/h1-7,11,18H,(H,15,19)(H,16,20). The van der Waals surface area contributed by atoms with Gasteiger partial charge >= 0.3 is 0 Å². The van der Waals surface area contributed by atoms with Crippen molar-refractivity contribution in [3.63, 3.8) is 0 Å². The van der Waals surface area contributed by atoms with E-state index in [0.29, 0.717) is 10.6 Å². The van der Waals surface area contributed by atoms with Crippen LogP contribution in [0, 0.1) is 0 Å². The van der Waals surface area contributed by atoms with Gasteiger partial charge in [-0.2, -0.15) is 0 Å². The second-order valence-corrected chi connectivity index (χ2v) is 5.49. The van der Waals surface area contributed by atoms with Crippen molar-refractivity contribution in [3.8, 4) is 10.6 Å². The van der Waals surface area contributed by atoms with Crippen LogP contribution < -0.4 is 16.4 Å². The summed E-state index contributed by atoms with van der Waals surface area (Å²) >= 11 is 1.46. The molecule has 0 fully saturated rings. The van der Waals surface area contributed by atoms with Crippen molar-refractivity contribution < 1.29 is 0 Å². The zero-order valence-electron chi connectivity index (χ0n) is 10.8. The van der Waals surface area contributed by atoms with Crippen molar-refractivity contribution in [2.75, 3.05) is 5.43 Å². The Labute approximate surface area is 123 Å². The van der Waals surface area contributed by atoms with E-state index in [2.05, 4.69) is 25.8 Å². The fourth-order valence-corrected chi connectivity index (χ4v) is 3.21. The van der Waals surface area contributed by atoms with Crippen molar-refractivity contribution in [3.05, 3.63) is 63.7 Å². The predicted octanol–water partition coefficient (Wildman–Crippen LogP) is 1.91. The first kappa shape index (κ1) is 12.2. The summed E-state index contributed by atoms with van der Waals surface area (Å²) in [5.41, 5.74) is 8.60. The number of aromatic nitrogens is 3. The minimum atomic E-state index is -0.127. The maximum absolute atomic E-state index is 11.8. The van der Waals surface area contributed by atoms with Crippen LogP contribution in [0.2, 0.25) is 0 Å². The Hall–Kier alpha value is -2.51. The highest BCUT2D eigenvalue weighted by Crippen LogP contribution is 2.33. The molecule has 0 saturated carbocycles. The molecule has 7 heteroatoms. The molecule has 0 radical (unpaired) electrons. The van der Waals surface area contributed by atoms with E-state index >= 15 is 0 Å². The Kier molecular flexibility index (Phi) is 2.80. The fraction of sp³-hybridized carbons (Fsp3) is 0.0714. The predicted molar refractivity (Wildman–Crippen MR) is 81.0 cm³/mol. The average Bonchev–Trinajstić information content (AvgIpc) is 3.14. The minimum Gasteiger partial charge on any atom is -0.329 e. The third-order valence-corrected chi connectivity index (χ3v) is 4.24. The average molecular weight is 297 g/mol. The number of rotatable bonds is 2. The maximum atomic E-state index is 11.8. The molecule has 3 N–H and O–H groups in total. The zero-order chi connectivity index (χ0) is 14.2. The topological polar surface area (TPSA) is 82.7 Å². The molecule has 4 heterocycles.